The van der Waals surface area contributed by atoms with Gasteiger partial charge in [-0.05, 0) is 31.2 Å². The molecule has 2 aromatic rings. The summed E-state index contributed by atoms with van der Waals surface area (Å²) in [6, 6.07) is 16.1. The molecule has 0 spiro atoms. The molecule has 1 N–H and O–H groups in total. The molecule has 0 radical (unpaired) electrons. The van der Waals surface area contributed by atoms with Crippen LogP contribution in [0.2, 0.25) is 0 Å². The van der Waals surface area contributed by atoms with E-state index in [1.165, 1.54) is 4.90 Å². The van der Waals surface area contributed by atoms with Crippen molar-refractivity contribution >= 4 is 29.2 Å². The summed E-state index contributed by atoms with van der Waals surface area (Å²) in [6.07, 6.45) is 0.0413. The predicted octanol–water partition coefficient (Wildman–Crippen LogP) is 2.62. The van der Waals surface area contributed by atoms with Crippen LogP contribution in [0, 0.1) is 5.92 Å². The number of para-hydroxylation sites is 3. The van der Waals surface area contributed by atoms with Crippen molar-refractivity contribution in [1.29, 1.82) is 0 Å². The molecule has 1 atom stereocenters. The summed E-state index contributed by atoms with van der Waals surface area (Å²) < 4.78 is 10.7. The van der Waals surface area contributed by atoms with E-state index >= 15 is 0 Å². The molecule has 0 aromatic heterocycles. The van der Waals surface area contributed by atoms with Gasteiger partial charge >= 0.3 is 5.97 Å². The van der Waals surface area contributed by atoms with Gasteiger partial charge in [0.25, 0.3) is 5.91 Å². The molecule has 1 aliphatic heterocycles. The van der Waals surface area contributed by atoms with Gasteiger partial charge in [0.1, 0.15) is 5.75 Å². The van der Waals surface area contributed by atoms with Gasteiger partial charge in [0.05, 0.1) is 18.2 Å². The first-order chi connectivity index (χ1) is 13.6. The van der Waals surface area contributed by atoms with Crippen molar-refractivity contribution in [2.45, 2.75) is 13.3 Å². The summed E-state index contributed by atoms with van der Waals surface area (Å²) in [6.45, 7) is 2.14. The Labute approximate surface area is 163 Å². The van der Waals surface area contributed by atoms with E-state index in [1.807, 2.05) is 25.1 Å². The van der Waals surface area contributed by atoms with Crippen LogP contribution in [0.25, 0.3) is 0 Å². The zero-order valence-corrected chi connectivity index (χ0v) is 15.6. The highest BCUT2D eigenvalue weighted by Gasteiger charge is 2.37. The maximum absolute atomic E-state index is 12.4. The highest BCUT2D eigenvalue weighted by molar-refractivity contribution is 6.01. The van der Waals surface area contributed by atoms with Crippen LogP contribution in [0.4, 0.5) is 11.4 Å². The van der Waals surface area contributed by atoms with Crippen molar-refractivity contribution in [3.05, 3.63) is 54.6 Å². The van der Waals surface area contributed by atoms with Gasteiger partial charge in [-0.25, -0.2) is 0 Å². The number of esters is 1. The Morgan fingerprint density at radius 1 is 1.11 bits per heavy atom. The van der Waals surface area contributed by atoms with Gasteiger partial charge in [-0.2, -0.15) is 0 Å². The van der Waals surface area contributed by atoms with Crippen molar-refractivity contribution in [1.82, 2.24) is 0 Å². The Morgan fingerprint density at radius 3 is 2.57 bits per heavy atom. The number of carbonyl (C=O) groups is 3. The van der Waals surface area contributed by atoms with Crippen LogP contribution < -0.4 is 15.0 Å². The van der Waals surface area contributed by atoms with Crippen molar-refractivity contribution in [2.75, 3.05) is 30.0 Å². The Balaban J connectivity index is 1.56. The molecule has 0 saturated carbocycles. The largest absolute Gasteiger partial charge is 0.492 e. The van der Waals surface area contributed by atoms with E-state index in [9.17, 15) is 14.4 Å². The second-order valence-electron chi connectivity index (χ2n) is 6.33. The Kier molecular flexibility index (Phi) is 6.26. The first-order valence-electron chi connectivity index (χ1n) is 9.12. The maximum atomic E-state index is 12.4. The molecule has 2 amide bonds. The molecule has 28 heavy (non-hydrogen) atoms. The van der Waals surface area contributed by atoms with Gasteiger partial charge < -0.3 is 19.7 Å². The number of nitrogens with zero attached hydrogens (tertiary/aromatic N) is 1. The summed E-state index contributed by atoms with van der Waals surface area (Å²) in [5, 5.41) is 2.64. The van der Waals surface area contributed by atoms with Crippen LogP contribution >= 0.6 is 0 Å². The number of benzene rings is 2. The fraction of sp³-hybridized carbons (Fsp3) is 0.286. The van der Waals surface area contributed by atoms with Crippen LogP contribution in [0.1, 0.15) is 13.3 Å². The number of hydrogen-bond donors (Lipinski definition) is 1. The third kappa shape index (κ3) is 4.68. The van der Waals surface area contributed by atoms with Gasteiger partial charge in [0.15, 0.2) is 6.61 Å². The molecule has 0 unspecified atom stereocenters. The van der Waals surface area contributed by atoms with Crippen molar-refractivity contribution in [3.8, 4) is 5.75 Å². The number of anilines is 2. The first kappa shape index (κ1) is 19.4. The number of hydrogen-bond acceptors (Lipinski definition) is 5. The molecule has 7 nitrogen and oxygen atoms in total. The third-order valence-electron chi connectivity index (χ3n) is 4.32. The van der Waals surface area contributed by atoms with Gasteiger partial charge in [0.2, 0.25) is 5.91 Å². The van der Waals surface area contributed by atoms with E-state index in [0.717, 1.165) is 0 Å². The summed E-state index contributed by atoms with van der Waals surface area (Å²) >= 11 is 0. The van der Waals surface area contributed by atoms with Gasteiger partial charge in [-0.1, -0.05) is 30.3 Å². The monoisotopic (exact) mass is 382 g/mol. The van der Waals surface area contributed by atoms with E-state index in [-0.39, 0.29) is 18.9 Å². The molecule has 0 bridgehead atoms. The molecular formula is C21H22N2O5. The molecule has 7 heteroatoms. The van der Waals surface area contributed by atoms with Crippen molar-refractivity contribution in [2.24, 2.45) is 5.92 Å². The minimum absolute atomic E-state index is 0.0413. The SMILES string of the molecule is CCOc1ccccc1N1C[C@@H](C(=O)OCC(=O)Nc2ccccc2)CC1=O. The van der Waals surface area contributed by atoms with Gasteiger partial charge in [-0.15, -0.1) is 0 Å². The van der Waals surface area contributed by atoms with Crippen LogP contribution in [0.5, 0.6) is 5.75 Å². The zero-order valence-electron chi connectivity index (χ0n) is 15.6. The van der Waals surface area contributed by atoms with E-state index in [0.29, 0.717) is 23.7 Å². The van der Waals surface area contributed by atoms with Crippen LogP contribution in [-0.2, 0) is 19.1 Å². The lowest BCUT2D eigenvalue weighted by molar-refractivity contribution is -0.151. The molecule has 2 aromatic carbocycles. The molecule has 1 aliphatic rings. The topological polar surface area (TPSA) is 84.9 Å². The number of carbonyl (C=O) groups excluding carboxylic acids is 3. The number of ether oxygens (including phenoxy) is 2. The molecule has 1 fully saturated rings. The van der Waals surface area contributed by atoms with E-state index in [1.54, 1.807) is 36.4 Å². The summed E-state index contributed by atoms with van der Waals surface area (Å²) in [5.74, 6) is -1.19. The van der Waals surface area contributed by atoms with Crippen molar-refractivity contribution in [3.63, 3.8) is 0 Å². The highest BCUT2D eigenvalue weighted by atomic mass is 16.5. The van der Waals surface area contributed by atoms with E-state index in [4.69, 9.17) is 9.47 Å². The minimum atomic E-state index is -0.619. The van der Waals surface area contributed by atoms with Gasteiger partial charge in [0, 0.05) is 18.7 Å². The van der Waals surface area contributed by atoms with Crippen LogP contribution in [0.3, 0.4) is 0 Å². The third-order valence-corrected chi connectivity index (χ3v) is 4.32. The molecule has 0 aliphatic carbocycles. The average molecular weight is 382 g/mol. The lowest BCUT2D eigenvalue weighted by atomic mass is 10.1. The normalized spacial score (nSPS) is 16.0. The highest BCUT2D eigenvalue weighted by Crippen LogP contribution is 2.33. The standard InChI is InChI=1S/C21H22N2O5/c1-2-27-18-11-7-6-10-17(18)23-13-15(12-20(23)25)21(26)28-14-19(24)22-16-8-4-3-5-9-16/h3-11,15H,2,12-14H2,1H3,(H,22,24)/t15-/m0/s1. The number of amides is 2. The molecule has 1 heterocycles. The second-order valence-corrected chi connectivity index (χ2v) is 6.33. The lowest BCUT2D eigenvalue weighted by Gasteiger charge is -2.19. The number of rotatable bonds is 7. The summed E-state index contributed by atoms with van der Waals surface area (Å²) in [5.41, 5.74) is 1.25. The Bertz CT molecular complexity index is 853. The van der Waals surface area contributed by atoms with Crippen molar-refractivity contribution < 1.29 is 23.9 Å². The quantitative estimate of drug-likeness (QED) is 0.744. The van der Waals surface area contributed by atoms with Crippen LogP contribution in [0.15, 0.2) is 54.6 Å². The summed E-state index contributed by atoms with van der Waals surface area (Å²) in [4.78, 5) is 38.2. The van der Waals surface area contributed by atoms with E-state index < -0.39 is 24.4 Å². The lowest BCUT2D eigenvalue weighted by Crippen LogP contribution is -2.28. The van der Waals surface area contributed by atoms with Gasteiger partial charge in [-0.3, -0.25) is 14.4 Å². The molecule has 1 saturated heterocycles. The maximum Gasteiger partial charge on any atom is 0.311 e. The summed E-state index contributed by atoms with van der Waals surface area (Å²) in [7, 11) is 0. The fourth-order valence-electron chi connectivity index (χ4n) is 3.03. The van der Waals surface area contributed by atoms with Crippen LogP contribution in [-0.4, -0.2) is 37.5 Å². The van der Waals surface area contributed by atoms with E-state index in [2.05, 4.69) is 5.32 Å². The fourth-order valence-corrected chi connectivity index (χ4v) is 3.03. The average Bonchev–Trinajstić information content (AvgIpc) is 3.09. The number of nitrogens with one attached hydrogen (secondary N) is 1. The Morgan fingerprint density at radius 2 is 1.82 bits per heavy atom. The minimum Gasteiger partial charge on any atom is -0.492 e. The smallest absolute Gasteiger partial charge is 0.311 e. The second kappa shape index (κ2) is 9.03. The molecule has 146 valence electrons. The molecule has 3 rings (SSSR count). The first-order valence-corrected chi connectivity index (χ1v) is 9.12. The zero-order chi connectivity index (χ0) is 19.9. The predicted molar refractivity (Wildman–Crippen MR) is 104 cm³/mol. The Hall–Kier alpha value is -3.35. The molecular weight excluding hydrogens is 360 g/mol.